The van der Waals surface area contributed by atoms with Crippen LogP contribution in [0.2, 0.25) is 0 Å². The molecule has 1 rings (SSSR count). The van der Waals surface area contributed by atoms with Crippen LogP contribution < -0.4 is 0 Å². The van der Waals surface area contributed by atoms with Crippen molar-refractivity contribution in [2.75, 3.05) is 5.75 Å². The van der Waals surface area contributed by atoms with Gasteiger partial charge in [0, 0.05) is 18.6 Å². The molecular formula is C25H38O2S. The number of carbonyl (C=O) groups is 1. The Morgan fingerprint density at radius 3 is 2.50 bits per heavy atom. The Balaban J connectivity index is 2.20. The molecule has 1 aromatic rings. The van der Waals surface area contributed by atoms with Gasteiger partial charge < -0.3 is 4.74 Å². The van der Waals surface area contributed by atoms with Gasteiger partial charge in [0.05, 0.1) is 5.75 Å². The molecule has 0 spiro atoms. The molecule has 0 saturated carbocycles. The minimum atomic E-state index is -0.411. The van der Waals surface area contributed by atoms with E-state index in [9.17, 15) is 4.79 Å². The molecule has 0 aliphatic heterocycles. The lowest BCUT2D eigenvalue weighted by Gasteiger charge is -2.19. The Morgan fingerprint density at radius 2 is 1.75 bits per heavy atom. The fourth-order valence-electron chi connectivity index (χ4n) is 2.87. The maximum Gasteiger partial charge on any atom is 0.306 e. The monoisotopic (exact) mass is 402 g/mol. The second-order valence-electron chi connectivity index (χ2n) is 8.27. The third-order valence-electron chi connectivity index (χ3n) is 4.25. The first-order chi connectivity index (χ1) is 13.4. The summed E-state index contributed by atoms with van der Waals surface area (Å²) in [5.74, 6) is 8.31. The van der Waals surface area contributed by atoms with Crippen molar-refractivity contribution >= 4 is 17.7 Å². The number of benzene rings is 1. The second-order valence-corrected chi connectivity index (χ2v) is 9.26. The first-order valence-corrected chi connectivity index (χ1v) is 11.9. The van der Waals surface area contributed by atoms with Gasteiger partial charge in [0.1, 0.15) is 5.60 Å². The summed E-state index contributed by atoms with van der Waals surface area (Å²) < 4.78 is 5.38. The van der Waals surface area contributed by atoms with E-state index in [1.165, 1.54) is 49.7 Å². The van der Waals surface area contributed by atoms with Crippen LogP contribution in [0.1, 0.15) is 90.2 Å². The Bertz CT molecular complexity index is 619. The summed E-state index contributed by atoms with van der Waals surface area (Å²) in [4.78, 5) is 11.9. The minimum Gasteiger partial charge on any atom is -0.460 e. The highest BCUT2D eigenvalue weighted by Gasteiger charge is 2.15. The Morgan fingerprint density at radius 1 is 1.04 bits per heavy atom. The molecule has 0 aliphatic carbocycles. The number of esters is 1. The van der Waals surface area contributed by atoms with Crippen LogP contribution in [0, 0.1) is 11.8 Å². The van der Waals surface area contributed by atoms with Crippen LogP contribution in [0.5, 0.6) is 0 Å². The van der Waals surface area contributed by atoms with Gasteiger partial charge in [-0.2, -0.15) is 0 Å². The zero-order valence-corrected chi connectivity index (χ0v) is 19.1. The van der Waals surface area contributed by atoms with Crippen molar-refractivity contribution in [3.63, 3.8) is 0 Å². The maximum atomic E-state index is 11.9. The zero-order chi connectivity index (χ0) is 20.7. The summed E-state index contributed by atoms with van der Waals surface area (Å²) in [5.41, 5.74) is 2.08. The molecule has 156 valence electrons. The maximum absolute atomic E-state index is 11.9. The molecule has 0 fully saturated rings. The lowest BCUT2D eigenvalue weighted by molar-refractivity contribution is -0.154. The molecule has 3 heteroatoms. The molecule has 0 N–H and O–H groups in total. The highest BCUT2D eigenvalue weighted by molar-refractivity contribution is 7.98. The number of thioether (sulfide) groups is 1. The van der Waals surface area contributed by atoms with E-state index in [-0.39, 0.29) is 5.97 Å². The summed E-state index contributed by atoms with van der Waals surface area (Å²) in [6, 6.07) is 8.50. The van der Waals surface area contributed by atoms with E-state index >= 15 is 0 Å². The highest BCUT2D eigenvalue weighted by atomic mass is 32.2. The van der Waals surface area contributed by atoms with Crippen molar-refractivity contribution in [1.82, 2.24) is 0 Å². The zero-order valence-electron chi connectivity index (χ0n) is 18.3. The average molecular weight is 403 g/mol. The molecule has 0 atom stereocenters. The summed E-state index contributed by atoms with van der Waals surface area (Å²) in [6.07, 6.45) is 10.1. The van der Waals surface area contributed by atoms with Gasteiger partial charge in [0.25, 0.3) is 0 Å². The standard InChI is InChI=1S/C25H38O2S/c1-5-6-7-8-9-10-11-12-13-19-28-21-23-16-14-15-22(20-23)17-18-24(26)27-25(2,3)4/h14-16,20H,5-11,17-19,21H2,1-4H3. The van der Waals surface area contributed by atoms with E-state index in [1.54, 1.807) is 0 Å². The molecular weight excluding hydrogens is 364 g/mol. The number of carbonyl (C=O) groups excluding carboxylic acids is 1. The SMILES string of the molecule is CCCCCCCCC#CCSCc1cccc(CCC(=O)OC(C)(C)C)c1. The van der Waals surface area contributed by atoms with Crippen LogP contribution in [-0.2, 0) is 21.7 Å². The van der Waals surface area contributed by atoms with Crippen molar-refractivity contribution in [2.45, 2.75) is 96.8 Å². The van der Waals surface area contributed by atoms with E-state index in [0.29, 0.717) is 6.42 Å². The van der Waals surface area contributed by atoms with Crippen LogP contribution in [0.15, 0.2) is 24.3 Å². The van der Waals surface area contributed by atoms with Gasteiger partial charge in [0.15, 0.2) is 0 Å². The van der Waals surface area contributed by atoms with E-state index in [2.05, 4.69) is 43.0 Å². The third kappa shape index (κ3) is 13.7. The molecule has 0 amide bonds. The molecule has 2 nitrogen and oxygen atoms in total. The summed E-state index contributed by atoms with van der Waals surface area (Å²) in [5, 5.41) is 0. The smallest absolute Gasteiger partial charge is 0.306 e. The van der Waals surface area contributed by atoms with Gasteiger partial charge in [-0.1, -0.05) is 69.2 Å². The average Bonchev–Trinajstić information content (AvgIpc) is 2.63. The van der Waals surface area contributed by atoms with Crippen LogP contribution >= 0.6 is 11.8 Å². The topological polar surface area (TPSA) is 26.3 Å². The summed E-state index contributed by atoms with van der Waals surface area (Å²) in [7, 11) is 0. The van der Waals surface area contributed by atoms with Gasteiger partial charge in [-0.25, -0.2) is 0 Å². The van der Waals surface area contributed by atoms with Crippen LogP contribution in [0.4, 0.5) is 0 Å². The van der Waals surface area contributed by atoms with Gasteiger partial charge in [-0.05, 0) is 44.7 Å². The Hall–Kier alpha value is -1.40. The van der Waals surface area contributed by atoms with Crippen molar-refractivity contribution in [3.05, 3.63) is 35.4 Å². The highest BCUT2D eigenvalue weighted by Crippen LogP contribution is 2.16. The Labute approximate surface area is 177 Å². The van der Waals surface area contributed by atoms with Crippen molar-refractivity contribution in [2.24, 2.45) is 0 Å². The largest absolute Gasteiger partial charge is 0.460 e. The summed E-state index contributed by atoms with van der Waals surface area (Å²) in [6.45, 7) is 7.96. The van der Waals surface area contributed by atoms with E-state index in [0.717, 1.165) is 24.3 Å². The number of hydrogen-bond donors (Lipinski definition) is 0. The van der Waals surface area contributed by atoms with Crippen molar-refractivity contribution in [1.29, 1.82) is 0 Å². The first-order valence-electron chi connectivity index (χ1n) is 10.7. The number of rotatable bonds is 12. The predicted octanol–water partition coefficient (Wildman–Crippen LogP) is 6.95. The fraction of sp³-hybridized carbons (Fsp3) is 0.640. The van der Waals surface area contributed by atoms with Gasteiger partial charge in [0.2, 0.25) is 0 Å². The second kappa shape index (κ2) is 14.6. The number of hydrogen-bond acceptors (Lipinski definition) is 3. The van der Waals surface area contributed by atoms with Gasteiger partial charge in [-0.15, -0.1) is 17.7 Å². The van der Waals surface area contributed by atoms with Crippen LogP contribution in [0.3, 0.4) is 0 Å². The van der Waals surface area contributed by atoms with Crippen molar-refractivity contribution < 1.29 is 9.53 Å². The van der Waals surface area contributed by atoms with Gasteiger partial charge >= 0.3 is 5.97 Å². The Kier molecular flexibility index (Phi) is 12.8. The van der Waals surface area contributed by atoms with Gasteiger partial charge in [-0.3, -0.25) is 4.79 Å². The third-order valence-corrected chi connectivity index (χ3v) is 5.14. The number of ether oxygens (including phenoxy) is 1. The van der Waals surface area contributed by atoms with Crippen molar-refractivity contribution in [3.8, 4) is 11.8 Å². The normalized spacial score (nSPS) is 11.0. The van der Waals surface area contributed by atoms with Crippen LogP contribution in [0.25, 0.3) is 0 Å². The first kappa shape index (κ1) is 24.6. The number of unbranched alkanes of at least 4 members (excludes halogenated alkanes) is 6. The molecule has 1 aromatic carbocycles. The van der Waals surface area contributed by atoms with E-state index < -0.39 is 5.60 Å². The molecule has 0 unspecified atom stereocenters. The lowest BCUT2D eigenvalue weighted by Crippen LogP contribution is -2.24. The molecule has 0 heterocycles. The molecule has 0 radical (unpaired) electrons. The van der Waals surface area contributed by atoms with E-state index in [4.69, 9.17) is 4.74 Å². The molecule has 0 aromatic heterocycles. The molecule has 0 aliphatic rings. The lowest BCUT2D eigenvalue weighted by atomic mass is 10.1. The fourth-order valence-corrected chi connectivity index (χ4v) is 3.59. The number of aryl methyl sites for hydroxylation is 1. The summed E-state index contributed by atoms with van der Waals surface area (Å²) >= 11 is 1.86. The van der Waals surface area contributed by atoms with E-state index in [1.807, 2.05) is 32.5 Å². The molecule has 28 heavy (non-hydrogen) atoms. The predicted molar refractivity (Wildman–Crippen MR) is 123 cm³/mol. The minimum absolute atomic E-state index is 0.132. The quantitative estimate of drug-likeness (QED) is 0.215. The van der Waals surface area contributed by atoms with Crippen LogP contribution in [-0.4, -0.2) is 17.3 Å². The molecule has 0 saturated heterocycles. The molecule has 0 bridgehead atoms.